The summed E-state index contributed by atoms with van der Waals surface area (Å²) >= 11 is 0. The first-order valence-electron chi connectivity index (χ1n) is 8.85. The molecule has 0 aliphatic carbocycles. The van der Waals surface area contributed by atoms with Crippen LogP contribution in [0.1, 0.15) is 18.0 Å². The number of primary amides is 1. The maximum Gasteiger partial charge on any atom is 0.410 e. The van der Waals surface area contributed by atoms with Crippen molar-refractivity contribution in [2.24, 2.45) is 17.2 Å². The van der Waals surface area contributed by atoms with Gasteiger partial charge < -0.3 is 32.6 Å². The van der Waals surface area contributed by atoms with Gasteiger partial charge in [-0.2, -0.15) is 0 Å². The third-order valence-electron chi connectivity index (χ3n) is 3.78. The first kappa shape index (κ1) is 25.8. The van der Waals surface area contributed by atoms with Gasteiger partial charge in [0, 0.05) is 7.05 Å². The second kappa shape index (κ2) is 13.9. The molecule has 0 saturated carbocycles. The van der Waals surface area contributed by atoms with Crippen LogP contribution in [0.25, 0.3) is 0 Å². The number of ether oxygens (including phenoxy) is 1. The molecule has 4 amide bonds. The summed E-state index contributed by atoms with van der Waals surface area (Å²) in [5, 5.41) is 4.76. The zero-order valence-corrected chi connectivity index (χ0v) is 16.9. The van der Waals surface area contributed by atoms with Crippen molar-refractivity contribution < 1.29 is 23.9 Å². The minimum atomic E-state index is -1.09. The molecule has 1 aliphatic heterocycles. The lowest BCUT2D eigenvalue weighted by Gasteiger charge is -2.22. The summed E-state index contributed by atoms with van der Waals surface area (Å²) in [6.45, 7) is -0.166. The monoisotopic (exact) mass is 410 g/mol. The number of cyclic esters (lactones) is 1. The van der Waals surface area contributed by atoms with Gasteiger partial charge in [0.25, 0.3) is 0 Å². The summed E-state index contributed by atoms with van der Waals surface area (Å²) in [6.07, 6.45) is -0.951. The number of nitrogens with one attached hydrogen (secondary N) is 2. The highest BCUT2D eigenvalue weighted by atomic mass is 16.6. The average molecular weight is 410 g/mol. The maximum atomic E-state index is 12.2. The topological polar surface area (TPSA) is 183 Å². The van der Waals surface area contributed by atoms with Gasteiger partial charge in [-0.15, -0.1) is 0 Å². The summed E-state index contributed by atoms with van der Waals surface area (Å²) in [7, 11) is 4.38. The first-order chi connectivity index (χ1) is 13.9. The molecular weight excluding hydrogens is 380 g/mol. The van der Waals surface area contributed by atoms with Crippen molar-refractivity contribution in [1.82, 2.24) is 15.5 Å². The molecule has 1 heterocycles. The lowest BCUT2D eigenvalue weighted by atomic mass is 10.1. The van der Waals surface area contributed by atoms with Crippen molar-refractivity contribution >= 4 is 23.8 Å². The van der Waals surface area contributed by atoms with Crippen molar-refractivity contribution in [1.29, 1.82) is 0 Å². The minimum Gasteiger partial charge on any atom is -0.447 e. The zero-order chi connectivity index (χ0) is 22.4. The summed E-state index contributed by atoms with van der Waals surface area (Å²) in [5.41, 5.74) is 14.9. The first-order valence-corrected chi connectivity index (χ1v) is 8.85. The van der Waals surface area contributed by atoms with E-state index in [1.54, 1.807) is 0 Å². The van der Waals surface area contributed by atoms with E-state index in [4.69, 9.17) is 10.5 Å². The average Bonchev–Trinajstić information content (AvgIpc) is 3.10. The number of nitrogens with zero attached hydrogens (tertiary/aromatic N) is 1. The Morgan fingerprint density at radius 3 is 2.28 bits per heavy atom. The van der Waals surface area contributed by atoms with Crippen molar-refractivity contribution in [3.05, 3.63) is 35.9 Å². The van der Waals surface area contributed by atoms with Crippen LogP contribution in [0.4, 0.5) is 4.79 Å². The molecule has 1 aromatic carbocycles. The number of hydrogen-bond acceptors (Lipinski definition) is 7. The Labute approximate surface area is 169 Å². The highest BCUT2D eigenvalue weighted by Crippen LogP contribution is 2.26. The molecule has 1 aliphatic rings. The fourth-order valence-electron chi connectivity index (χ4n) is 2.56. The smallest absolute Gasteiger partial charge is 0.410 e. The third kappa shape index (κ3) is 8.15. The summed E-state index contributed by atoms with van der Waals surface area (Å²) < 4.78 is 5.03. The molecule has 1 saturated heterocycles. The van der Waals surface area contributed by atoms with Crippen LogP contribution in [0.15, 0.2) is 30.3 Å². The van der Waals surface area contributed by atoms with E-state index in [0.29, 0.717) is 0 Å². The second-order valence-electron chi connectivity index (χ2n) is 5.54. The molecule has 1 fully saturated rings. The standard InChI is InChI=1S/C16H20N4O5.2CH5N/c1-18-15(23)11(7-13(17)21)19-14(22)8-20-12(9-25-16(20)24)10-5-3-2-4-6-10;2*1-2/h2-6,11-12H,7-9H2,1H3,(H2,17,21)(H,18,23)(H,19,22);2*2H2,1H3/t11-,12+;;/m0../s1. The molecule has 11 heteroatoms. The molecule has 0 bridgehead atoms. The summed E-state index contributed by atoms with van der Waals surface area (Å²) in [5.74, 6) is -1.86. The molecule has 29 heavy (non-hydrogen) atoms. The number of benzene rings is 1. The summed E-state index contributed by atoms with van der Waals surface area (Å²) in [6, 6.07) is 7.67. The van der Waals surface area contributed by atoms with Crippen LogP contribution < -0.4 is 27.8 Å². The van der Waals surface area contributed by atoms with Gasteiger partial charge in [0.2, 0.25) is 17.7 Å². The van der Waals surface area contributed by atoms with E-state index >= 15 is 0 Å². The van der Waals surface area contributed by atoms with Crippen LogP contribution in [-0.4, -0.2) is 69.1 Å². The van der Waals surface area contributed by atoms with Crippen LogP contribution in [0, 0.1) is 0 Å². The Morgan fingerprint density at radius 1 is 1.17 bits per heavy atom. The number of hydrogen-bond donors (Lipinski definition) is 5. The Morgan fingerprint density at radius 2 is 1.76 bits per heavy atom. The van der Waals surface area contributed by atoms with E-state index in [2.05, 4.69) is 22.1 Å². The van der Waals surface area contributed by atoms with Crippen LogP contribution in [0.5, 0.6) is 0 Å². The van der Waals surface area contributed by atoms with Gasteiger partial charge in [-0.25, -0.2) is 4.79 Å². The fourth-order valence-corrected chi connectivity index (χ4v) is 2.56. The van der Waals surface area contributed by atoms with Gasteiger partial charge in [0.1, 0.15) is 19.2 Å². The summed E-state index contributed by atoms with van der Waals surface area (Å²) in [4.78, 5) is 48.2. The highest BCUT2D eigenvalue weighted by molar-refractivity contribution is 5.92. The normalized spacial score (nSPS) is 15.6. The number of nitrogens with two attached hydrogens (primary N) is 3. The number of likely N-dealkylation sites (N-methyl/N-ethyl adjacent to an activating group) is 1. The van der Waals surface area contributed by atoms with Gasteiger partial charge in [0.05, 0.1) is 12.5 Å². The van der Waals surface area contributed by atoms with Crippen LogP contribution in [-0.2, 0) is 19.1 Å². The van der Waals surface area contributed by atoms with E-state index in [0.717, 1.165) is 5.56 Å². The molecule has 0 spiro atoms. The number of amides is 4. The van der Waals surface area contributed by atoms with Gasteiger partial charge in [-0.05, 0) is 19.7 Å². The van der Waals surface area contributed by atoms with Crippen molar-refractivity contribution in [3.8, 4) is 0 Å². The van der Waals surface area contributed by atoms with E-state index in [1.807, 2.05) is 30.3 Å². The van der Waals surface area contributed by atoms with Crippen LogP contribution >= 0.6 is 0 Å². The molecule has 8 N–H and O–H groups in total. The minimum absolute atomic E-state index is 0.135. The predicted octanol–water partition coefficient (Wildman–Crippen LogP) is -1.56. The molecule has 11 nitrogen and oxygen atoms in total. The van der Waals surface area contributed by atoms with Crippen molar-refractivity contribution in [2.45, 2.75) is 18.5 Å². The van der Waals surface area contributed by atoms with Gasteiger partial charge in [0.15, 0.2) is 0 Å². The Bertz CT molecular complexity index is 670. The zero-order valence-electron chi connectivity index (χ0n) is 16.9. The van der Waals surface area contributed by atoms with Crippen LogP contribution in [0.3, 0.4) is 0 Å². The molecule has 0 radical (unpaired) electrons. The molecule has 1 aromatic rings. The van der Waals surface area contributed by atoms with Gasteiger partial charge in [-0.3, -0.25) is 19.3 Å². The third-order valence-corrected chi connectivity index (χ3v) is 3.78. The second-order valence-corrected chi connectivity index (χ2v) is 5.54. The van der Waals surface area contributed by atoms with Gasteiger partial charge >= 0.3 is 6.09 Å². The van der Waals surface area contributed by atoms with Crippen molar-refractivity contribution in [3.63, 3.8) is 0 Å². The molecule has 0 aromatic heterocycles. The molecule has 2 atom stereocenters. The van der Waals surface area contributed by atoms with Crippen molar-refractivity contribution in [2.75, 3.05) is 34.3 Å². The van der Waals surface area contributed by atoms with E-state index in [1.165, 1.54) is 26.0 Å². The highest BCUT2D eigenvalue weighted by Gasteiger charge is 2.36. The lowest BCUT2D eigenvalue weighted by molar-refractivity contribution is -0.131. The van der Waals surface area contributed by atoms with E-state index < -0.39 is 35.9 Å². The molecule has 0 unspecified atom stereocenters. The van der Waals surface area contributed by atoms with E-state index in [9.17, 15) is 19.2 Å². The molecular formula is C18H30N6O5. The number of rotatable bonds is 7. The number of carbonyl (C=O) groups excluding carboxylic acids is 4. The number of carbonyl (C=O) groups is 4. The largest absolute Gasteiger partial charge is 0.447 e. The SMILES string of the molecule is CN.CN.CNC(=O)[C@H](CC(N)=O)NC(=O)CN1C(=O)OC[C@@H]1c1ccccc1. The fraction of sp³-hybridized carbons (Fsp3) is 0.444. The Balaban J connectivity index is 0.00000184. The Kier molecular flexibility index (Phi) is 12.4. The lowest BCUT2D eigenvalue weighted by Crippen LogP contribution is -2.50. The predicted molar refractivity (Wildman–Crippen MR) is 107 cm³/mol. The maximum absolute atomic E-state index is 12.2. The Hall–Kier alpha value is -3.18. The van der Waals surface area contributed by atoms with Crippen LogP contribution in [0.2, 0.25) is 0 Å². The van der Waals surface area contributed by atoms with E-state index in [-0.39, 0.29) is 19.6 Å². The quantitative estimate of drug-likeness (QED) is 0.360. The molecule has 2 rings (SSSR count). The molecule has 162 valence electrons. The van der Waals surface area contributed by atoms with Gasteiger partial charge in [-0.1, -0.05) is 30.3 Å².